The van der Waals surface area contributed by atoms with Crippen molar-refractivity contribution in [3.8, 4) is 0 Å². The molecule has 0 bridgehead atoms. The molecule has 21 heavy (non-hydrogen) atoms. The Morgan fingerprint density at radius 3 is 2.43 bits per heavy atom. The Hall–Kier alpha value is -1.30. The molecule has 1 aliphatic rings. The van der Waals surface area contributed by atoms with Gasteiger partial charge in [-0.15, -0.1) is 0 Å². The van der Waals surface area contributed by atoms with E-state index in [1.54, 1.807) is 0 Å². The summed E-state index contributed by atoms with van der Waals surface area (Å²) < 4.78 is 10.3. The van der Waals surface area contributed by atoms with Crippen molar-refractivity contribution in [3.63, 3.8) is 0 Å². The third-order valence-electron chi connectivity index (χ3n) is 3.54. The highest BCUT2D eigenvalue weighted by Gasteiger charge is 2.33. The molecular formula is C15H28N2O4. The Kier molecular flexibility index (Phi) is 6.45. The lowest BCUT2D eigenvalue weighted by molar-refractivity contribution is -0.151. The van der Waals surface area contributed by atoms with Crippen LogP contribution in [0.25, 0.3) is 0 Å². The van der Waals surface area contributed by atoms with E-state index < -0.39 is 11.7 Å². The summed E-state index contributed by atoms with van der Waals surface area (Å²) in [6, 6.07) is 0.151. The molecule has 6 heteroatoms. The van der Waals surface area contributed by atoms with E-state index in [0.29, 0.717) is 6.61 Å². The predicted molar refractivity (Wildman–Crippen MR) is 79.4 cm³/mol. The lowest BCUT2D eigenvalue weighted by Crippen LogP contribution is -2.49. The molecule has 1 amide bonds. The number of hydrogen-bond donors (Lipinski definition) is 2. The maximum atomic E-state index is 11.8. The lowest BCUT2D eigenvalue weighted by Gasteiger charge is -2.33. The van der Waals surface area contributed by atoms with Crippen LogP contribution in [0.4, 0.5) is 4.79 Å². The molecule has 2 N–H and O–H groups in total. The van der Waals surface area contributed by atoms with Crippen LogP contribution in [0.3, 0.4) is 0 Å². The molecule has 0 spiro atoms. The van der Waals surface area contributed by atoms with Crippen molar-refractivity contribution >= 4 is 12.1 Å². The number of hydrogen-bond acceptors (Lipinski definition) is 5. The van der Waals surface area contributed by atoms with Gasteiger partial charge in [-0.05, 0) is 52.9 Å². The van der Waals surface area contributed by atoms with Crippen molar-refractivity contribution in [2.45, 2.75) is 65.5 Å². The molecular weight excluding hydrogens is 272 g/mol. The highest BCUT2D eigenvalue weighted by molar-refractivity contribution is 5.72. The van der Waals surface area contributed by atoms with Gasteiger partial charge in [-0.3, -0.25) is 10.2 Å². The number of ether oxygens (including phenoxy) is 2. The average molecular weight is 300 g/mol. The molecule has 0 heterocycles. The van der Waals surface area contributed by atoms with Crippen molar-refractivity contribution in [3.05, 3.63) is 0 Å². The molecule has 0 aromatic carbocycles. The highest BCUT2D eigenvalue weighted by Crippen LogP contribution is 2.30. The molecule has 1 aliphatic carbocycles. The minimum Gasteiger partial charge on any atom is -0.466 e. The number of rotatable bonds is 4. The largest absolute Gasteiger partial charge is 0.466 e. The van der Waals surface area contributed by atoms with Crippen molar-refractivity contribution in [2.75, 3.05) is 6.61 Å². The molecule has 0 radical (unpaired) electrons. The van der Waals surface area contributed by atoms with Crippen LogP contribution < -0.4 is 10.9 Å². The van der Waals surface area contributed by atoms with Crippen LogP contribution >= 0.6 is 0 Å². The summed E-state index contributed by atoms with van der Waals surface area (Å²) >= 11 is 0. The van der Waals surface area contributed by atoms with E-state index in [0.717, 1.165) is 19.3 Å². The summed E-state index contributed by atoms with van der Waals surface area (Å²) in [7, 11) is 0. The zero-order chi connectivity index (χ0) is 16.0. The predicted octanol–water partition coefficient (Wildman–Crippen LogP) is 2.38. The van der Waals surface area contributed by atoms with Crippen molar-refractivity contribution < 1.29 is 19.1 Å². The van der Waals surface area contributed by atoms with E-state index in [1.165, 1.54) is 0 Å². The Balaban J connectivity index is 2.35. The first-order chi connectivity index (χ1) is 9.73. The molecule has 1 rings (SSSR count). The molecule has 1 fully saturated rings. The van der Waals surface area contributed by atoms with Crippen LogP contribution in [-0.2, 0) is 14.3 Å². The first-order valence-electron chi connectivity index (χ1n) is 7.64. The first kappa shape index (κ1) is 17.8. The Morgan fingerprint density at radius 2 is 1.90 bits per heavy atom. The summed E-state index contributed by atoms with van der Waals surface area (Å²) in [5.74, 6) is 0.0869. The second-order valence-corrected chi connectivity index (χ2v) is 6.62. The van der Waals surface area contributed by atoms with Gasteiger partial charge in [0.25, 0.3) is 0 Å². The molecule has 3 atom stereocenters. The minimum atomic E-state index is -0.513. The fourth-order valence-electron chi connectivity index (χ4n) is 2.59. The van der Waals surface area contributed by atoms with Crippen LogP contribution in [0.5, 0.6) is 0 Å². The van der Waals surface area contributed by atoms with Gasteiger partial charge in [0.15, 0.2) is 0 Å². The second kappa shape index (κ2) is 7.64. The summed E-state index contributed by atoms with van der Waals surface area (Å²) in [6.07, 6.45) is 1.93. The van der Waals surface area contributed by atoms with E-state index >= 15 is 0 Å². The van der Waals surface area contributed by atoms with Gasteiger partial charge in [0.05, 0.1) is 12.5 Å². The van der Waals surface area contributed by atoms with Gasteiger partial charge in [-0.25, -0.2) is 10.2 Å². The number of nitrogens with one attached hydrogen (secondary N) is 2. The number of esters is 1. The Labute approximate surface area is 126 Å². The number of carbonyl (C=O) groups excluding carboxylic acids is 2. The maximum absolute atomic E-state index is 11.8. The summed E-state index contributed by atoms with van der Waals surface area (Å²) in [6.45, 7) is 9.74. The van der Waals surface area contributed by atoms with Crippen LogP contribution in [0.15, 0.2) is 0 Å². The normalized spacial score (nSPS) is 26.0. The third kappa shape index (κ3) is 6.33. The Morgan fingerprint density at radius 1 is 1.24 bits per heavy atom. The number of amides is 1. The lowest BCUT2D eigenvalue weighted by atomic mass is 9.78. The van der Waals surface area contributed by atoms with Gasteiger partial charge in [-0.1, -0.05) is 6.92 Å². The fraction of sp³-hybridized carbons (Fsp3) is 0.867. The zero-order valence-corrected chi connectivity index (χ0v) is 13.7. The fourth-order valence-corrected chi connectivity index (χ4v) is 2.59. The Bertz CT molecular complexity index is 365. The average Bonchev–Trinajstić information content (AvgIpc) is 2.34. The molecule has 6 nitrogen and oxygen atoms in total. The van der Waals surface area contributed by atoms with Gasteiger partial charge in [0, 0.05) is 6.04 Å². The smallest absolute Gasteiger partial charge is 0.422 e. The van der Waals surface area contributed by atoms with Gasteiger partial charge in [-0.2, -0.15) is 0 Å². The molecule has 0 saturated heterocycles. The van der Waals surface area contributed by atoms with Gasteiger partial charge in [0.2, 0.25) is 0 Å². The third-order valence-corrected chi connectivity index (χ3v) is 3.54. The van der Waals surface area contributed by atoms with E-state index in [-0.39, 0.29) is 23.8 Å². The highest BCUT2D eigenvalue weighted by atomic mass is 16.6. The molecule has 122 valence electrons. The topological polar surface area (TPSA) is 76.7 Å². The SMILES string of the molecule is CCOC(=O)[C@H]1CC[C@H](NNC(=O)OC(C)(C)C)C[C@H]1C. The molecule has 0 aromatic rings. The number of carbonyl (C=O) groups is 2. The van der Waals surface area contributed by atoms with Gasteiger partial charge in [0.1, 0.15) is 5.60 Å². The van der Waals surface area contributed by atoms with Gasteiger partial charge < -0.3 is 9.47 Å². The second-order valence-electron chi connectivity index (χ2n) is 6.62. The summed E-state index contributed by atoms with van der Waals surface area (Å²) in [5, 5.41) is 0. The van der Waals surface area contributed by atoms with Crippen molar-refractivity contribution in [1.82, 2.24) is 10.9 Å². The maximum Gasteiger partial charge on any atom is 0.422 e. The first-order valence-corrected chi connectivity index (χ1v) is 7.64. The molecule has 0 aromatic heterocycles. The van der Waals surface area contributed by atoms with Crippen LogP contribution in [0, 0.1) is 11.8 Å². The van der Waals surface area contributed by atoms with Crippen LogP contribution in [-0.4, -0.2) is 30.3 Å². The summed E-state index contributed by atoms with van der Waals surface area (Å²) in [5.41, 5.74) is 5.05. The van der Waals surface area contributed by atoms with E-state index in [9.17, 15) is 9.59 Å². The summed E-state index contributed by atoms with van der Waals surface area (Å²) in [4.78, 5) is 23.4. The van der Waals surface area contributed by atoms with Crippen LogP contribution in [0.1, 0.15) is 53.9 Å². The van der Waals surface area contributed by atoms with Gasteiger partial charge >= 0.3 is 12.1 Å². The van der Waals surface area contributed by atoms with E-state index in [4.69, 9.17) is 9.47 Å². The van der Waals surface area contributed by atoms with Crippen LogP contribution in [0.2, 0.25) is 0 Å². The monoisotopic (exact) mass is 300 g/mol. The standard InChI is InChI=1S/C15H28N2O4/c1-6-20-13(18)12-8-7-11(9-10(12)2)16-17-14(19)21-15(3,4)5/h10-12,16H,6-9H2,1-5H3,(H,17,19)/t10-,11+,12+/m1/s1. The zero-order valence-electron chi connectivity index (χ0n) is 13.7. The molecule has 1 saturated carbocycles. The molecule has 0 aliphatic heterocycles. The van der Waals surface area contributed by atoms with Crippen molar-refractivity contribution in [1.29, 1.82) is 0 Å². The molecule has 0 unspecified atom stereocenters. The number of hydrazine groups is 1. The minimum absolute atomic E-state index is 0.0375. The van der Waals surface area contributed by atoms with E-state index in [1.807, 2.05) is 34.6 Å². The quantitative estimate of drug-likeness (QED) is 0.616. The van der Waals surface area contributed by atoms with Crippen molar-refractivity contribution in [2.24, 2.45) is 11.8 Å². The van der Waals surface area contributed by atoms with E-state index in [2.05, 4.69) is 10.9 Å².